The molecule has 0 aliphatic rings. The first-order valence-electron chi connectivity index (χ1n) is 15.0. The second kappa shape index (κ2) is 15.3. The van der Waals surface area contributed by atoms with Gasteiger partial charge in [-0.05, 0) is 79.1 Å². The van der Waals surface area contributed by atoms with Gasteiger partial charge < -0.3 is 19.7 Å². The number of anilines is 1. The van der Waals surface area contributed by atoms with Crippen LogP contribution in [0.2, 0.25) is 0 Å². The number of benzene rings is 3. The van der Waals surface area contributed by atoms with Crippen molar-refractivity contribution >= 4 is 39.3 Å². The molecule has 0 bridgehead atoms. The maximum Gasteiger partial charge on any atom is 0.308 e. The van der Waals surface area contributed by atoms with Crippen LogP contribution in [0.1, 0.15) is 54.5 Å². The lowest BCUT2D eigenvalue weighted by Crippen LogP contribution is -2.20. The molecule has 0 spiro atoms. The van der Waals surface area contributed by atoms with Crippen LogP contribution in [0, 0.1) is 11.6 Å². The van der Waals surface area contributed by atoms with E-state index < -0.39 is 45.2 Å². The first-order valence-corrected chi connectivity index (χ1v) is 17.1. The van der Waals surface area contributed by atoms with E-state index in [1.807, 2.05) is 13.8 Å². The Bertz CT molecular complexity index is 1930. The summed E-state index contributed by atoms with van der Waals surface area (Å²) in [4.78, 5) is 38.8. The van der Waals surface area contributed by atoms with Crippen molar-refractivity contribution in [3.8, 4) is 22.3 Å². The monoisotopic (exact) mass is 678 g/mol. The number of hydrogen-bond acceptors (Lipinski definition) is 7. The largest absolute Gasteiger partial charge is 0.469 e. The van der Waals surface area contributed by atoms with E-state index in [4.69, 9.17) is 0 Å². The highest BCUT2D eigenvalue weighted by atomic mass is 32.2. The Labute approximate surface area is 277 Å². The quantitative estimate of drug-likeness (QED) is 0.124. The lowest BCUT2D eigenvalue weighted by atomic mass is 9.94. The number of rotatable bonds is 13. The number of ketones is 1. The molecule has 0 aliphatic heterocycles. The number of carbonyl (C=O) groups is 3. The van der Waals surface area contributed by atoms with Gasteiger partial charge in [-0.3, -0.25) is 14.4 Å². The predicted molar refractivity (Wildman–Crippen MR) is 180 cm³/mol. The first kappa shape index (κ1) is 35.9. The minimum atomic E-state index is -3.27. The van der Waals surface area contributed by atoms with Gasteiger partial charge in [0, 0.05) is 35.5 Å². The maximum absolute atomic E-state index is 14.3. The Morgan fingerprint density at radius 2 is 1.42 bits per heavy atom. The summed E-state index contributed by atoms with van der Waals surface area (Å²) in [5, 5.41) is 13.1. The molecular formula is C36H36F2N2O7S. The molecule has 2 N–H and O–H groups in total. The van der Waals surface area contributed by atoms with Gasteiger partial charge in [-0.1, -0.05) is 36.4 Å². The third-order valence-corrected chi connectivity index (χ3v) is 8.23. The molecule has 9 nitrogen and oxygen atoms in total. The number of carbonyl (C=O) groups excluding carboxylic acids is 3. The highest BCUT2D eigenvalue weighted by Crippen LogP contribution is 2.43. The number of hydrogen-bond donors (Lipinski definition) is 2. The number of esters is 1. The molecule has 1 amide bonds. The van der Waals surface area contributed by atoms with Crippen LogP contribution in [-0.4, -0.2) is 55.2 Å². The Hall–Kier alpha value is -4.94. The molecule has 0 aliphatic carbocycles. The van der Waals surface area contributed by atoms with Crippen molar-refractivity contribution in [2.24, 2.45) is 0 Å². The molecule has 1 heterocycles. The second-order valence-electron chi connectivity index (χ2n) is 11.6. The van der Waals surface area contributed by atoms with Crippen LogP contribution < -0.4 is 5.32 Å². The van der Waals surface area contributed by atoms with Crippen molar-refractivity contribution in [2.75, 3.05) is 18.7 Å². The lowest BCUT2D eigenvalue weighted by molar-refractivity contribution is -0.143. The van der Waals surface area contributed by atoms with Crippen molar-refractivity contribution in [3.05, 3.63) is 107 Å². The predicted octanol–water partition coefficient (Wildman–Crippen LogP) is 6.37. The highest BCUT2D eigenvalue weighted by Gasteiger charge is 2.30. The lowest BCUT2D eigenvalue weighted by Gasteiger charge is -2.17. The Balaban J connectivity index is 1.91. The van der Waals surface area contributed by atoms with Crippen LogP contribution in [-0.2, 0) is 29.9 Å². The van der Waals surface area contributed by atoms with E-state index >= 15 is 0 Å². The normalized spacial score (nSPS) is 12.3. The maximum atomic E-state index is 14.3. The number of sulfone groups is 1. The van der Waals surface area contributed by atoms with Crippen molar-refractivity contribution in [2.45, 2.75) is 44.6 Å². The minimum Gasteiger partial charge on any atom is -0.469 e. The molecule has 4 aromatic rings. The molecule has 0 saturated heterocycles. The molecule has 1 atom stereocenters. The fraction of sp³-hybridized carbons (Fsp3) is 0.250. The van der Waals surface area contributed by atoms with Crippen LogP contribution in [0.5, 0.6) is 0 Å². The molecule has 0 unspecified atom stereocenters. The zero-order valence-corrected chi connectivity index (χ0v) is 27.7. The molecule has 12 heteroatoms. The van der Waals surface area contributed by atoms with Gasteiger partial charge in [0.1, 0.15) is 17.3 Å². The van der Waals surface area contributed by atoms with E-state index in [0.717, 1.165) is 6.26 Å². The van der Waals surface area contributed by atoms with E-state index in [-0.39, 0.29) is 30.3 Å². The Morgan fingerprint density at radius 1 is 0.875 bits per heavy atom. The smallest absolute Gasteiger partial charge is 0.308 e. The summed E-state index contributed by atoms with van der Waals surface area (Å²) < 4.78 is 58.0. The van der Waals surface area contributed by atoms with Gasteiger partial charge >= 0.3 is 5.97 Å². The van der Waals surface area contributed by atoms with Gasteiger partial charge in [0.15, 0.2) is 15.6 Å². The fourth-order valence-corrected chi connectivity index (χ4v) is 6.13. The van der Waals surface area contributed by atoms with Gasteiger partial charge in [0.25, 0.3) is 5.91 Å². The number of amides is 1. The number of aliphatic hydroxyl groups excluding tert-OH is 1. The minimum absolute atomic E-state index is 0.161. The summed E-state index contributed by atoms with van der Waals surface area (Å²) in [6, 6.07) is 17.1. The van der Waals surface area contributed by atoms with Crippen molar-refractivity contribution in [3.63, 3.8) is 0 Å². The van der Waals surface area contributed by atoms with Crippen molar-refractivity contribution in [1.82, 2.24) is 4.57 Å². The topological polar surface area (TPSA) is 132 Å². The van der Waals surface area contributed by atoms with Crippen LogP contribution in [0.3, 0.4) is 0 Å². The van der Waals surface area contributed by atoms with E-state index in [1.165, 1.54) is 67.8 Å². The Kier molecular flexibility index (Phi) is 11.5. The zero-order valence-electron chi connectivity index (χ0n) is 26.9. The average Bonchev–Trinajstić information content (AvgIpc) is 3.36. The number of allylic oxidation sites excluding steroid dienone is 1. The molecule has 1 aromatic heterocycles. The van der Waals surface area contributed by atoms with Gasteiger partial charge in [0.2, 0.25) is 0 Å². The molecule has 48 heavy (non-hydrogen) atoms. The van der Waals surface area contributed by atoms with E-state index in [9.17, 15) is 36.7 Å². The molecule has 4 rings (SSSR count). The van der Waals surface area contributed by atoms with Gasteiger partial charge in [-0.2, -0.15) is 0 Å². The summed E-state index contributed by atoms with van der Waals surface area (Å²) in [5.41, 5.74) is 3.32. The van der Waals surface area contributed by atoms with E-state index in [0.29, 0.717) is 39.2 Å². The summed E-state index contributed by atoms with van der Waals surface area (Å²) in [6.45, 7) is 3.66. The number of aliphatic hydroxyl groups is 1. The van der Waals surface area contributed by atoms with Crippen molar-refractivity contribution in [1.29, 1.82) is 0 Å². The number of aromatic nitrogens is 1. The SMILES string of the molecule is COC(=O)C[C@H](O)CC(=O)C=Cc1c(-c2ccc(F)cc2)c(-c2ccc(F)cc2)c(C(=O)Nc2ccc(CS(C)(=O)=O)cc2)n1C(C)C. The number of halogens is 2. The zero-order chi connectivity index (χ0) is 35.2. The van der Waals surface area contributed by atoms with E-state index in [1.54, 1.807) is 28.8 Å². The number of ether oxygens (including phenoxy) is 1. The molecule has 0 saturated carbocycles. The first-order chi connectivity index (χ1) is 22.7. The third-order valence-electron chi connectivity index (χ3n) is 7.38. The summed E-state index contributed by atoms with van der Waals surface area (Å²) in [7, 11) is -2.10. The van der Waals surface area contributed by atoms with Crippen LogP contribution in [0.15, 0.2) is 78.9 Å². The van der Waals surface area contributed by atoms with E-state index in [2.05, 4.69) is 10.1 Å². The van der Waals surface area contributed by atoms with Crippen LogP contribution >= 0.6 is 0 Å². The Morgan fingerprint density at radius 3 is 1.92 bits per heavy atom. The van der Waals surface area contributed by atoms with Gasteiger partial charge in [-0.25, -0.2) is 17.2 Å². The molecule has 3 aromatic carbocycles. The highest BCUT2D eigenvalue weighted by molar-refractivity contribution is 7.89. The molecule has 252 valence electrons. The number of methoxy groups -OCH3 is 1. The van der Waals surface area contributed by atoms with Gasteiger partial charge in [-0.15, -0.1) is 0 Å². The molecular weight excluding hydrogens is 642 g/mol. The third kappa shape index (κ3) is 9.11. The van der Waals surface area contributed by atoms with Crippen LogP contribution in [0.4, 0.5) is 14.5 Å². The summed E-state index contributed by atoms with van der Waals surface area (Å²) in [6.07, 6.45) is 1.85. The standard InChI is InChI=1S/C36H36F2N2O7S/c1-22(2)40-31(18-17-29(41)19-30(42)20-32(43)47-3)33(24-7-11-26(37)12-8-24)34(25-9-13-27(38)14-10-25)35(40)36(44)39-28-15-5-23(6-16-28)21-48(4,45)46/h5-18,22,30,42H,19-21H2,1-4H3,(H,39,44)/t30-/m1/s1. The fourth-order valence-electron chi connectivity index (χ4n) is 5.33. The summed E-state index contributed by atoms with van der Waals surface area (Å²) >= 11 is 0. The summed E-state index contributed by atoms with van der Waals surface area (Å²) in [5.74, 6) is -2.88. The average molecular weight is 679 g/mol. The number of nitrogens with zero attached hydrogens (tertiary/aromatic N) is 1. The van der Waals surface area contributed by atoms with Crippen LogP contribution in [0.25, 0.3) is 28.3 Å². The van der Waals surface area contributed by atoms with Crippen molar-refractivity contribution < 1.29 is 41.4 Å². The second-order valence-corrected chi connectivity index (χ2v) is 13.8. The molecule has 0 radical (unpaired) electrons. The van der Waals surface area contributed by atoms with Gasteiger partial charge in [0.05, 0.1) is 31.1 Å². The molecule has 0 fully saturated rings. The number of nitrogens with one attached hydrogen (secondary N) is 1.